The summed E-state index contributed by atoms with van der Waals surface area (Å²) in [7, 11) is 0. The van der Waals surface area contributed by atoms with Crippen molar-refractivity contribution in [3.8, 4) is 11.5 Å². The Balaban J connectivity index is 1.18. The summed E-state index contributed by atoms with van der Waals surface area (Å²) in [6.07, 6.45) is 6.91. The molecule has 0 radical (unpaired) electrons. The molecule has 4 aliphatic carbocycles. The summed E-state index contributed by atoms with van der Waals surface area (Å²) < 4.78 is 10.8. The Kier molecular flexibility index (Phi) is 3.99. The summed E-state index contributed by atoms with van der Waals surface area (Å²) in [6, 6.07) is 5.07. The number of fused-ring (bicyclic) bond motifs is 1. The lowest BCUT2D eigenvalue weighted by atomic mass is 9.48. The molecule has 7 rings (SSSR count). The zero-order chi connectivity index (χ0) is 21.4. The van der Waals surface area contributed by atoms with E-state index in [0.29, 0.717) is 35.7 Å². The zero-order valence-corrected chi connectivity index (χ0v) is 17.8. The van der Waals surface area contributed by atoms with Crippen LogP contribution in [0, 0.1) is 23.2 Å². The molecule has 1 saturated heterocycles. The van der Waals surface area contributed by atoms with Gasteiger partial charge in [0.05, 0.1) is 6.54 Å². The largest absolute Gasteiger partial charge is 0.454 e. The summed E-state index contributed by atoms with van der Waals surface area (Å²) in [5.41, 5.74) is -0.521. The van der Waals surface area contributed by atoms with E-state index in [0.717, 1.165) is 29.7 Å². The minimum absolute atomic E-state index is 0.0856. The van der Waals surface area contributed by atoms with Crippen LogP contribution in [0.25, 0.3) is 0 Å². The van der Waals surface area contributed by atoms with Crippen LogP contribution < -0.4 is 14.8 Å². The highest BCUT2D eigenvalue weighted by atomic mass is 16.7. The van der Waals surface area contributed by atoms with Crippen molar-refractivity contribution in [3.05, 3.63) is 23.8 Å². The third-order valence-corrected chi connectivity index (χ3v) is 8.27. The number of rotatable bonds is 5. The lowest BCUT2D eigenvalue weighted by molar-refractivity contribution is -0.147. The van der Waals surface area contributed by atoms with Crippen LogP contribution in [0.2, 0.25) is 0 Å². The van der Waals surface area contributed by atoms with Crippen LogP contribution in [-0.4, -0.2) is 41.5 Å². The van der Waals surface area contributed by atoms with Gasteiger partial charge in [-0.2, -0.15) is 0 Å². The van der Waals surface area contributed by atoms with Gasteiger partial charge in [-0.25, -0.2) is 4.79 Å². The van der Waals surface area contributed by atoms with Crippen molar-refractivity contribution in [2.45, 2.75) is 57.4 Å². The predicted molar refractivity (Wildman–Crippen MR) is 111 cm³/mol. The number of carbonyl (C=O) groups is 3. The van der Waals surface area contributed by atoms with Crippen molar-refractivity contribution in [1.29, 1.82) is 0 Å². The van der Waals surface area contributed by atoms with Crippen LogP contribution >= 0.6 is 0 Å². The van der Waals surface area contributed by atoms with Crippen LogP contribution in [0.1, 0.15) is 51.0 Å². The van der Waals surface area contributed by atoms with Crippen molar-refractivity contribution in [1.82, 2.24) is 10.2 Å². The molecule has 4 saturated carbocycles. The molecule has 31 heavy (non-hydrogen) atoms. The normalized spacial score (nSPS) is 37.5. The Morgan fingerprint density at radius 3 is 2.39 bits per heavy atom. The van der Waals surface area contributed by atoms with Crippen molar-refractivity contribution >= 4 is 17.7 Å². The van der Waals surface area contributed by atoms with E-state index in [-0.39, 0.29) is 30.4 Å². The van der Waals surface area contributed by atoms with Crippen LogP contribution in [0.3, 0.4) is 0 Å². The number of hydrogen-bond donors (Lipinski definition) is 1. The van der Waals surface area contributed by atoms with Crippen LogP contribution in [0.4, 0.5) is 4.79 Å². The van der Waals surface area contributed by atoms with E-state index in [1.165, 1.54) is 19.3 Å². The highest BCUT2D eigenvalue weighted by Gasteiger charge is 2.56. The summed E-state index contributed by atoms with van der Waals surface area (Å²) in [6.45, 7) is 1.81. The lowest BCUT2D eigenvalue weighted by Gasteiger charge is -2.56. The van der Waals surface area contributed by atoms with Crippen molar-refractivity contribution in [2.24, 2.45) is 23.2 Å². The number of carbonyl (C=O) groups excluding carboxylic acids is 3. The van der Waals surface area contributed by atoms with E-state index in [2.05, 4.69) is 5.32 Å². The number of ether oxygens (including phenoxy) is 2. The number of urea groups is 1. The number of ketones is 1. The number of amides is 3. The van der Waals surface area contributed by atoms with Gasteiger partial charge in [-0.1, -0.05) is 6.07 Å². The van der Waals surface area contributed by atoms with Crippen molar-refractivity contribution < 1.29 is 23.9 Å². The second-order valence-electron chi connectivity index (χ2n) is 10.6. The fraction of sp³-hybridized carbons (Fsp3) is 0.625. The SMILES string of the molecule is C[C@@]1(Cc2ccc3c(c2)OCO3)NC(=O)N(CC(=O)C23CC4CC(CC(C4)C2)C3)C1=O. The molecule has 2 heterocycles. The first-order valence-electron chi connectivity index (χ1n) is 11.4. The van der Waals surface area contributed by atoms with E-state index >= 15 is 0 Å². The minimum atomic E-state index is -1.08. The molecule has 1 atom stereocenters. The molecule has 0 aromatic heterocycles. The summed E-state index contributed by atoms with van der Waals surface area (Å²) in [5, 5.41) is 2.84. The monoisotopic (exact) mass is 424 g/mol. The van der Waals surface area contributed by atoms with Gasteiger partial charge in [0.25, 0.3) is 5.91 Å². The molecule has 2 aliphatic heterocycles. The molecule has 6 aliphatic rings. The first-order valence-corrected chi connectivity index (χ1v) is 11.4. The Morgan fingerprint density at radius 1 is 1.06 bits per heavy atom. The van der Waals surface area contributed by atoms with Gasteiger partial charge in [-0.15, -0.1) is 0 Å². The molecule has 5 fully saturated rings. The standard InChI is InChI=1S/C24H28N2O5/c1-23(8-14-2-3-18-19(7-14)31-13-30-18)21(28)26(22(29)25-23)12-20(27)24-9-15-4-16(10-24)6-17(5-15)11-24/h2-3,7,15-17H,4-6,8-13H2,1H3,(H,25,29)/t15?,16?,17?,23-,24?/m0/s1. The van der Waals surface area contributed by atoms with E-state index in [4.69, 9.17) is 9.47 Å². The van der Waals surface area contributed by atoms with E-state index in [1.807, 2.05) is 18.2 Å². The predicted octanol–water partition coefficient (Wildman–Crippen LogP) is 3.05. The number of nitrogens with zero attached hydrogens (tertiary/aromatic N) is 1. The number of benzene rings is 1. The number of hydrogen-bond acceptors (Lipinski definition) is 5. The number of Topliss-reactive ketones (excluding diaryl/α,β-unsaturated/α-hetero) is 1. The van der Waals surface area contributed by atoms with Gasteiger partial charge in [0, 0.05) is 11.8 Å². The smallest absolute Gasteiger partial charge is 0.325 e. The highest BCUT2D eigenvalue weighted by molar-refractivity contribution is 6.09. The lowest BCUT2D eigenvalue weighted by Crippen LogP contribution is -2.53. The summed E-state index contributed by atoms with van der Waals surface area (Å²) >= 11 is 0. The fourth-order valence-corrected chi connectivity index (χ4v) is 7.23. The molecule has 7 nitrogen and oxygen atoms in total. The highest BCUT2D eigenvalue weighted by Crippen LogP contribution is 2.60. The Bertz CT molecular complexity index is 953. The van der Waals surface area contributed by atoms with Gasteiger partial charge in [0.15, 0.2) is 17.3 Å². The first kappa shape index (κ1) is 19.1. The maximum absolute atomic E-state index is 13.4. The Labute approximate surface area is 181 Å². The van der Waals surface area contributed by atoms with Crippen LogP contribution in [-0.2, 0) is 16.0 Å². The minimum Gasteiger partial charge on any atom is -0.454 e. The topological polar surface area (TPSA) is 84.9 Å². The van der Waals surface area contributed by atoms with Gasteiger partial charge in [0.1, 0.15) is 5.54 Å². The second kappa shape index (κ2) is 6.47. The molecular formula is C24H28N2O5. The van der Waals surface area contributed by atoms with Crippen LogP contribution in [0.15, 0.2) is 18.2 Å². The number of nitrogens with one attached hydrogen (secondary N) is 1. The molecule has 1 aromatic rings. The van der Waals surface area contributed by atoms with E-state index in [1.54, 1.807) is 6.92 Å². The average Bonchev–Trinajstić information content (AvgIpc) is 3.25. The van der Waals surface area contributed by atoms with Gasteiger partial charge >= 0.3 is 6.03 Å². The molecule has 7 heteroatoms. The first-order chi connectivity index (χ1) is 14.8. The van der Waals surface area contributed by atoms with Gasteiger partial charge in [0.2, 0.25) is 6.79 Å². The third-order valence-electron chi connectivity index (χ3n) is 8.27. The molecule has 1 N–H and O–H groups in total. The van der Waals surface area contributed by atoms with Crippen LogP contribution in [0.5, 0.6) is 11.5 Å². The zero-order valence-electron chi connectivity index (χ0n) is 17.8. The van der Waals surface area contributed by atoms with E-state index in [9.17, 15) is 14.4 Å². The van der Waals surface area contributed by atoms with Crippen molar-refractivity contribution in [3.63, 3.8) is 0 Å². The Hall–Kier alpha value is -2.57. The van der Waals surface area contributed by atoms with Crippen molar-refractivity contribution in [2.75, 3.05) is 13.3 Å². The maximum Gasteiger partial charge on any atom is 0.325 e. The van der Waals surface area contributed by atoms with Gasteiger partial charge in [-0.05, 0) is 80.9 Å². The Morgan fingerprint density at radius 2 is 1.71 bits per heavy atom. The molecule has 164 valence electrons. The molecule has 1 aromatic carbocycles. The average molecular weight is 424 g/mol. The molecular weight excluding hydrogens is 396 g/mol. The van der Waals surface area contributed by atoms with Gasteiger partial charge in [-0.3, -0.25) is 14.5 Å². The summed E-state index contributed by atoms with van der Waals surface area (Å²) in [5.74, 6) is 3.03. The van der Waals surface area contributed by atoms with Gasteiger partial charge < -0.3 is 14.8 Å². The third kappa shape index (κ3) is 2.96. The quantitative estimate of drug-likeness (QED) is 0.735. The van der Waals surface area contributed by atoms with E-state index < -0.39 is 11.6 Å². The molecule has 4 bridgehead atoms. The molecule has 0 spiro atoms. The summed E-state index contributed by atoms with van der Waals surface area (Å²) in [4.78, 5) is 40.6. The fourth-order valence-electron chi connectivity index (χ4n) is 7.23. The second-order valence-corrected chi connectivity index (χ2v) is 10.6. The number of imide groups is 1. The molecule has 3 amide bonds. The molecule has 0 unspecified atom stereocenters. The maximum atomic E-state index is 13.4.